The second kappa shape index (κ2) is 7.12. The number of methoxy groups -OCH3 is 1. The SMILES string of the molecule is COc1ccc2nc(N3CCN(C(=O)c4ccc([N+](=O)[O-])s4)CC3)sc2c1. The van der Waals surface area contributed by atoms with Crippen LogP contribution in [-0.2, 0) is 0 Å². The number of thiazole rings is 1. The molecule has 2 aromatic heterocycles. The van der Waals surface area contributed by atoms with Gasteiger partial charge in [-0.1, -0.05) is 22.7 Å². The Morgan fingerprint density at radius 2 is 1.96 bits per heavy atom. The molecule has 27 heavy (non-hydrogen) atoms. The fourth-order valence-electron chi connectivity index (χ4n) is 2.95. The lowest BCUT2D eigenvalue weighted by Gasteiger charge is -2.34. The maximum Gasteiger partial charge on any atom is 0.324 e. The third kappa shape index (κ3) is 3.45. The van der Waals surface area contributed by atoms with E-state index in [1.54, 1.807) is 23.3 Å². The number of nitrogens with zero attached hydrogens (tertiary/aromatic N) is 4. The van der Waals surface area contributed by atoms with E-state index in [9.17, 15) is 14.9 Å². The van der Waals surface area contributed by atoms with Crippen LogP contribution in [0.15, 0.2) is 30.3 Å². The van der Waals surface area contributed by atoms with Crippen LogP contribution in [0.3, 0.4) is 0 Å². The van der Waals surface area contributed by atoms with Crippen molar-refractivity contribution < 1.29 is 14.5 Å². The molecule has 1 aliphatic rings. The smallest absolute Gasteiger partial charge is 0.324 e. The molecule has 0 spiro atoms. The number of anilines is 1. The predicted molar refractivity (Wildman–Crippen MR) is 105 cm³/mol. The van der Waals surface area contributed by atoms with E-state index in [1.165, 1.54) is 12.1 Å². The van der Waals surface area contributed by atoms with Crippen molar-refractivity contribution in [3.05, 3.63) is 45.3 Å². The molecule has 1 aliphatic heterocycles. The number of carbonyl (C=O) groups is 1. The van der Waals surface area contributed by atoms with Crippen LogP contribution >= 0.6 is 22.7 Å². The number of aromatic nitrogens is 1. The minimum Gasteiger partial charge on any atom is -0.497 e. The van der Waals surface area contributed by atoms with Crippen LogP contribution in [0.1, 0.15) is 9.67 Å². The van der Waals surface area contributed by atoms with Gasteiger partial charge in [0.05, 0.1) is 27.1 Å². The molecule has 140 valence electrons. The molecule has 0 radical (unpaired) electrons. The number of hydrogen-bond donors (Lipinski definition) is 0. The monoisotopic (exact) mass is 404 g/mol. The molecule has 1 aromatic carbocycles. The van der Waals surface area contributed by atoms with Crippen molar-refractivity contribution in [3.63, 3.8) is 0 Å². The van der Waals surface area contributed by atoms with E-state index in [0.29, 0.717) is 31.1 Å². The molecule has 1 fully saturated rings. The lowest BCUT2D eigenvalue weighted by atomic mass is 10.3. The van der Waals surface area contributed by atoms with Crippen molar-refractivity contribution in [3.8, 4) is 5.75 Å². The van der Waals surface area contributed by atoms with Gasteiger partial charge in [0.1, 0.15) is 5.75 Å². The Kier molecular flexibility index (Phi) is 4.66. The van der Waals surface area contributed by atoms with Crippen LogP contribution in [0.5, 0.6) is 5.75 Å². The first-order chi connectivity index (χ1) is 13.0. The van der Waals surface area contributed by atoms with Gasteiger partial charge in [0.25, 0.3) is 5.91 Å². The Morgan fingerprint density at radius 3 is 2.63 bits per heavy atom. The van der Waals surface area contributed by atoms with Gasteiger partial charge in [-0.05, 0) is 24.3 Å². The third-order valence-corrected chi connectivity index (χ3v) is 6.51. The summed E-state index contributed by atoms with van der Waals surface area (Å²) in [5.74, 6) is 0.653. The van der Waals surface area contributed by atoms with E-state index >= 15 is 0 Å². The van der Waals surface area contributed by atoms with Gasteiger partial charge in [0.2, 0.25) is 0 Å². The summed E-state index contributed by atoms with van der Waals surface area (Å²) in [6.45, 7) is 2.47. The zero-order chi connectivity index (χ0) is 19.0. The number of piperazine rings is 1. The highest BCUT2D eigenvalue weighted by Gasteiger charge is 2.26. The third-order valence-electron chi connectivity index (χ3n) is 4.40. The molecule has 8 nitrogen and oxygen atoms in total. The minimum atomic E-state index is -0.471. The second-order valence-corrected chi connectivity index (χ2v) is 8.08. The van der Waals surface area contributed by atoms with Gasteiger partial charge in [0, 0.05) is 32.2 Å². The Balaban J connectivity index is 1.43. The van der Waals surface area contributed by atoms with Crippen molar-refractivity contribution in [2.45, 2.75) is 0 Å². The number of hydrogen-bond acceptors (Lipinski definition) is 8. The molecule has 3 aromatic rings. The van der Waals surface area contributed by atoms with Crippen molar-refractivity contribution in [1.29, 1.82) is 0 Å². The highest BCUT2D eigenvalue weighted by Crippen LogP contribution is 2.32. The molecule has 0 atom stereocenters. The molecule has 4 rings (SSSR count). The Labute approximate surface area is 162 Å². The normalized spacial score (nSPS) is 14.6. The quantitative estimate of drug-likeness (QED) is 0.490. The van der Waals surface area contributed by atoms with Crippen LogP contribution in [-0.4, -0.2) is 54.0 Å². The summed E-state index contributed by atoms with van der Waals surface area (Å²) < 4.78 is 6.32. The lowest BCUT2D eigenvalue weighted by Crippen LogP contribution is -2.48. The fourth-order valence-corrected chi connectivity index (χ4v) is 4.79. The zero-order valence-electron chi connectivity index (χ0n) is 14.5. The number of rotatable bonds is 4. The van der Waals surface area contributed by atoms with Crippen LogP contribution in [0.4, 0.5) is 10.1 Å². The highest BCUT2D eigenvalue weighted by atomic mass is 32.1. The maximum absolute atomic E-state index is 12.6. The Hall–Kier alpha value is -2.72. The Morgan fingerprint density at radius 1 is 1.19 bits per heavy atom. The van der Waals surface area contributed by atoms with Gasteiger partial charge >= 0.3 is 5.00 Å². The molecule has 3 heterocycles. The summed E-state index contributed by atoms with van der Waals surface area (Å²) in [5, 5.41) is 11.7. The molecular weight excluding hydrogens is 388 g/mol. The molecule has 0 saturated carbocycles. The second-order valence-electron chi connectivity index (χ2n) is 6.00. The summed E-state index contributed by atoms with van der Waals surface area (Å²) in [6, 6.07) is 8.71. The minimum absolute atomic E-state index is 0.0121. The number of benzene rings is 1. The van der Waals surface area contributed by atoms with E-state index in [2.05, 4.69) is 9.88 Å². The highest BCUT2D eigenvalue weighted by molar-refractivity contribution is 7.22. The molecule has 0 aliphatic carbocycles. The molecular formula is C17H16N4O4S2. The fraction of sp³-hybridized carbons (Fsp3) is 0.294. The summed E-state index contributed by atoms with van der Waals surface area (Å²) in [5.41, 5.74) is 0.931. The van der Waals surface area contributed by atoms with Crippen LogP contribution in [0.25, 0.3) is 10.2 Å². The van der Waals surface area contributed by atoms with Gasteiger partial charge in [0.15, 0.2) is 5.13 Å². The first-order valence-electron chi connectivity index (χ1n) is 8.28. The largest absolute Gasteiger partial charge is 0.497 e. The zero-order valence-corrected chi connectivity index (χ0v) is 16.1. The van der Waals surface area contributed by atoms with Gasteiger partial charge in [-0.2, -0.15) is 0 Å². The molecule has 0 unspecified atom stereocenters. The van der Waals surface area contributed by atoms with Gasteiger partial charge in [-0.3, -0.25) is 14.9 Å². The molecule has 10 heteroatoms. The van der Waals surface area contributed by atoms with E-state index < -0.39 is 4.92 Å². The predicted octanol–water partition coefficient (Wildman–Crippen LogP) is 3.24. The maximum atomic E-state index is 12.6. The number of thiophene rings is 1. The number of ether oxygens (including phenoxy) is 1. The van der Waals surface area contributed by atoms with Crippen molar-refractivity contribution in [2.24, 2.45) is 0 Å². The summed E-state index contributed by atoms with van der Waals surface area (Å²) in [7, 11) is 1.64. The first kappa shape index (κ1) is 17.7. The van der Waals surface area contributed by atoms with Crippen molar-refractivity contribution in [1.82, 2.24) is 9.88 Å². The van der Waals surface area contributed by atoms with Gasteiger partial charge in [-0.25, -0.2) is 4.98 Å². The molecule has 1 amide bonds. The van der Waals surface area contributed by atoms with Crippen molar-refractivity contribution in [2.75, 3.05) is 38.2 Å². The van der Waals surface area contributed by atoms with E-state index in [1.807, 2.05) is 18.2 Å². The average Bonchev–Trinajstić information content (AvgIpc) is 3.34. The number of amides is 1. The van der Waals surface area contributed by atoms with E-state index in [-0.39, 0.29) is 10.9 Å². The molecule has 0 N–H and O–H groups in total. The van der Waals surface area contributed by atoms with E-state index in [4.69, 9.17) is 4.74 Å². The number of nitro groups is 1. The first-order valence-corrected chi connectivity index (χ1v) is 9.91. The van der Waals surface area contributed by atoms with Crippen LogP contribution < -0.4 is 9.64 Å². The number of carbonyl (C=O) groups excluding carboxylic acids is 1. The lowest BCUT2D eigenvalue weighted by molar-refractivity contribution is -0.380. The summed E-state index contributed by atoms with van der Waals surface area (Å²) in [6.07, 6.45) is 0. The molecule has 1 saturated heterocycles. The van der Waals surface area contributed by atoms with Crippen LogP contribution in [0.2, 0.25) is 0 Å². The molecule has 0 bridgehead atoms. The van der Waals surface area contributed by atoms with Crippen LogP contribution in [0, 0.1) is 10.1 Å². The summed E-state index contributed by atoms with van der Waals surface area (Å²) in [4.78, 5) is 31.9. The average molecular weight is 404 g/mol. The van der Waals surface area contributed by atoms with Gasteiger partial charge in [-0.15, -0.1) is 0 Å². The summed E-state index contributed by atoms with van der Waals surface area (Å²) >= 11 is 2.52. The van der Waals surface area contributed by atoms with Crippen molar-refractivity contribution >= 4 is 48.9 Å². The standard InChI is InChI=1S/C17H16N4O4S2/c1-25-11-2-3-12-14(10-11)27-17(18-12)20-8-6-19(7-9-20)16(22)13-4-5-15(26-13)21(23)24/h2-5,10H,6-9H2,1H3. The topological polar surface area (TPSA) is 88.8 Å². The Bertz CT molecular complexity index is 1010. The van der Waals surface area contributed by atoms with E-state index in [0.717, 1.165) is 32.4 Å². The van der Waals surface area contributed by atoms with Gasteiger partial charge < -0.3 is 14.5 Å². The number of fused-ring (bicyclic) bond motifs is 1.